The Morgan fingerprint density at radius 2 is 1.69 bits per heavy atom. The zero-order valence-electron chi connectivity index (χ0n) is 15.0. The van der Waals surface area contributed by atoms with Gasteiger partial charge in [-0.15, -0.1) is 0 Å². The summed E-state index contributed by atoms with van der Waals surface area (Å²) < 4.78 is 40.2. The number of benzene rings is 2. The monoisotopic (exact) mass is 379 g/mol. The van der Waals surface area contributed by atoms with Gasteiger partial charge in [0.1, 0.15) is 11.6 Å². The molecular weight excluding hydrogens is 357 g/mol. The molecule has 1 amide bonds. The summed E-state index contributed by atoms with van der Waals surface area (Å²) in [5.41, 5.74) is 1.25. The Labute approximate surface area is 153 Å². The number of amides is 1. The van der Waals surface area contributed by atoms with Crippen LogP contribution in [0.25, 0.3) is 0 Å². The summed E-state index contributed by atoms with van der Waals surface area (Å²) in [6.45, 7) is 4.28. The van der Waals surface area contributed by atoms with E-state index in [-0.39, 0.29) is 17.7 Å². The van der Waals surface area contributed by atoms with Crippen LogP contribution < -0.4 is 4.18 Å². The van der Waals surface area contributed by atoms with Crippen LogP contribution in [0.2, 0.25) is 0 Å². The van der Waals surface area contributed by atoms with E-state index in [1.165, 1.54) is 24.3 Å². The van der Waals surface area contributed by atoms with Gasteiger partial charge in [-0.1, -0.05) is 19.1 Å². The van der Waals surface area contributed by atoms with Crippen molar-refractivity contribution in [3.8, 4) is 5.75 Å². The molecule has 0 aliphatic carbocycles. The smallest absolute Gasteiger partial charge is 0.306 e. The lowest BCUT2D eigenvalue weighted by Crippen LogP contribution is -2.37. The number of carbonyl (C=O) groups is 1. The maximum atomic E-state index is 13.1. The van der Waals surface area contributed by atoms with Crippen LogP contribution in [0.1, 0.15) is 36.2 Å². The lowest BCUT2D eigenvalue weighted by molar-refractivity contribution is 0.0671. The molecule has 0 unspecified atom stereocenters. The molecule has 0 spiro atoms. The van der Waals surface area contributed by atoms with Crippen LogP contribution in [-0.2, 0) is 16.7 Å². The predicted molar refractivity (Wildman–Crippen MR) is 97.9 cm³/mol. The number of rotatable bonds is 7. The van der Waals surface area contributed by atoms with E-state index < -0.39 is 15.9 Å². The molecule has 2 rings (SSSR count). The zero-order valence-corrected chi connectivity index (χ0v) is 15.8. The molecule has 0 aromatic heterocycles. The zero-order chi connectivity index (χ0) is 19.3. The second kappa shape index (κ2) is 8.31. The average molecular weight is 379 g/mol. The Bertz CT molecular complexity index is 848. The number of nitrogens with zero attached hydrogens (tertiary/aromatic N) is 1. The fraction of sp³-hybridized carbons (Fsp3) is 0.316. The van der Waals surface area contributed by atoms with Crippen LogP contribution in [0.4, 0.5) is 4.39 Å². The van der Waals surface area contributed by atoms with Crippen LogP contribution in [0.3, 0.4) is 0 Å². The molecule has 7 heteroatoms. The minimum atomic E-state index is -3.58. The third-order valence-corrected chi connectivity index (χ3v) is 4.49. The van der Waals surface area contributed by atoms with Crippen LogP contribution in [-0.4, -0.2) is 31.5 Å². The van der Waals surface area contributed by atoms with Crippen molar-refractivity contribution in [3.63, 3.8) is 0 Å². The molecule has 0 aliphatic rings. The fourth-order valence-electron chi connectivity index (χ4n) is 2.43. The fourth-order valence-corrected chi connectivity index (χ4v) is 2.89. The highest BCUT2D eigenvalue weighted by molar-refractivity contribution is 7.86. The molecule has 0 heterocycles. The van der Waals surface area contributed by atoms with Gasteiger partial charge in [0.15, 0.2) is 0 Å². The third kappa shape index (κ3) is 5.56. The van der Waals surface area contributed by atoms with Gasteiger partial charge in [-0.3, -0.25) is 4.79 Å². The lowest BCUT2D eigenvalue weighted by atomic mass is 10.1. The minimum absolute atomic E-state index is 0.0144. The molecule has 26 heavy (non-hydrogen) atoms. The van der Waals surface area contributed by atoms with Gasteiger partial charge in [-0.05, 0) is 55.3 Å². The highest BCUT2D eigenvalue weighted by Gasteiger charge is 2.21. The molecule has 0 bridgehead atoms. The summed E-state index contributed by atoms with van der Waals surface area (Å²) in [4.78, 5) is 14.5. The van der Waals surface area contributed by atoms with Crippen molar-refractivity contribution in [1.29, 1.82) is 0 Å². The van der Waals surface area contributed by atoms with Gasteiger partial charge in [0.25, 0.3) is 5.91 Å². The first-order valence-electron chi connectivity index (χ1n) is 8.24. The van der Waals surface area contributed by atoms with Crippen LogP contribution in [0.15, 0.2) is 48.5 Å². The van der Waals surface area contributed by atoms with E-state index in [9.17, 15) is 17.6 Å². The summed E-state index contributed by atoms with van der Waals surface area (Å²) in [7, 11) is -3.58. The van der Waals surface area contributed by atoms with E-state index in [2.05, 4.69) is 0 Å². The SMILES string of the molecule is CC[C@H](C)N(Cc1ccc(OS(C)(=O)=O)cc1)C(=O)c1ccc(F)cc1. The topological polar surface area (TPSA) is 63.7 Å². The molecular formula is C19H22FNO4S. The van der Waals surface area contributed by atoms with Crippen molar-refractivity contribution < 1.29 is 21.8 Å². The highest BCUT2D eigenvalue weighted by Crippen LogP contribution is 2.19. The second-order valence-electron chi connectivity index (χ2n) is 6.13. The van der Waals surface area contributed by atoms with Gasteiger partial charge < -0.3 is 9.08 Å². The molecule has 0 N–H and O–H groups in total. The molecule has 0 radical (unpaired) electrons. The summed E-state index contributed by atoms with van der Waals surface area (Å²) >= 11 is 0. The summed E-state index contributed by atoms with van der Waals surface area (Å²) in [6.07, 6.45) is 1.75. The van der Waals surface area contributed by atoms with Gasteiger partial charge in [0.2, 0.25) is 0 Å². The van der Waals surface area contributed by atoms with Crippen molar-refractivity contribution in [2.75, 3.05) is 6.26 Å². The van der Waals surface area contributed by atoms with E-state index in [0.717, 1.165) is 18.2 Å². The van der Waals surface area contributed by atoms with Crippen molar-refractivity contribution in [1.82, 2.24) is 4.90 Å². The molecule has 0 fully saturated rings. The second-order valence-corrected chi connectivity index (χ2v) is 7.70. The molecule has 140 valence electrons. The summed E-state index contributed by atoms with van der Waals surface area (Å²) in [6, 6.07) is 12.0. The molecule has 0 saturated carbocycles. The van der Waals surface area contributed by atoms with Crippen molar-refractivity contribution in [2.24, 2.45) is 0 Å². The number of hydrogen-bond acceptors (Lipinski definition) is 4. The Kier molecular flexibility index (Phi) is 6.37. The van der Waals surface area contributed by atoms with Gasteiger partial charge in [-0.25, -0.2) is 4.39 Å². The summed E-state index contributed by atoms with van der Waals surface area (Å²) in [5.74, 6) is -0.356. The van der Waals surface area contributed by atoms with Crippen LogP contribution >= 0.6 is 0 Å². The molecule has 5 nitrogen and oxygen atoms in total. The Hall–Kier alpha value is -2.41. The molecule has 2 aromatic rings. The lowest BCUT2D eigenvalue weighted by Gasteiger charge is -2.29. The van der Waals surface area contributed by atoms with E-state index in [0.29, 0.717) is 12.1 Å². The quantitative estimate of drug-likeness (QED) is 0.690. The first kappa shape index (κ1) is 19.9. The maximum absolute atomic E-state index is 13.1. The van der Waals surface area contributed by atoms with Gasteiger partial charge in [0.05, 0.1) is 6.26 Å². The molecule has 1 atom stereocenters. The van der Waals surface area contributed by atoms with Crippen LogP contribution in [0, 0.1) is 5.82 Å². The van der Waals surface area contributed by atoms with E-state index >= 15 is 0 Å². The van der Waals surface area contributed by atoms with E-state index in [1.54, 1.807) is 29.2 Å². The normalized spacial score (nSPS) is 12.5. The largest absolute Gasteiger partial charge is 0.383 e. The first-order valence-corrected chi connectivity index (χ1v) is 10.1. The third-order valence-electron chi connectivity index (χ3n) is 4.00. The maximum Gasteiger partial charge on any atom is 0.306 e. The Balaban J connectivity index is 2.20. The molecule has 0 aliphatic heterocycles. The predicted octanol–water partition coefficient (Wildman–Crippen LogP) is 3.61. The van der Waals surface area contributed by atoms with E-state index in [4.69, 9.17) is 4.18 Å². The molecule has 0 saturated heterocycles. The number of carbonyl (C=O) groups excluding carboxylic acids is 1. The first-order chi connectivity index (χ1) is 12.2. The van der Waals surface area contributed by atoms with Crippen LogP contribution in [0.5, 0.6) is 5.75 Å². The average Bonchev–Trinajstić information content (AvgIpc) is 2.59. The number of hydrogen-bond donors (Lipinski definition) is 0. The van der Waals surface area contributed by atoms with Crippen molar-refractivity contribution in [2.45, 2.75) is 32.9 Å². The summed E-state index contributed by atoms with van der Waals surface area (Å²) in [5, 5.41) is 0. The standard InChI is InChI=1S/C19H22FNO4S/c1-4-14(2)21(19(22)16-7-9-17(20)10-8-16)13-15-5-11-18(12-6-15)25-26(3,23)24/h5-12,14H,4,13H2,1-3H3/t14-/m0/s1. The van der Waals surface area contributed by atoms with Gasteiger partial charge in [-0.2, -0.15) is 8.42 Å². The van der Waals surface area contributed by atoms with Gasteiger partial charge >= 0.3 is 10.1 Å². The Morgan fingerprint density at radius 1 is 1.12 bits per heavy atom. The molecule has 2 aromatic carbocycles. The van der Waals surface area contributed by atoms with Crippen molar-refractivity contribution in [3.05, 3.63) is 65.5 Å². The number of halogens is 1. The Morgan fingerprint density at radius 3 is 2.19 bits per heavy atom. The van der Waals surface area contributed by atoms with Crippen molar-refractivity contribution >= 4 is 16.0 Å². The highest BCUT2D eigenvalue weighted by atomic mass is 32.2. The van der Waals surface area contributed by atoms with Gasteiger partial charge in [0, 0.05) is 18.2 Å². The van der Waals surface area contributed by atoms with E-state index in [1.807, 2.05) is 13.8 Å². The minimum Gasteiger partial charge on any atom is -0.383 e.